The number of pyridine rings is 1. The fourth-order valence-corrected chi connectivity index (χ4v) is 3.00. The van der Waals surface area contributed by atoms with E-state index in [2.05, 4.69) is 10.3 Å². The number of anilines is 2. The topological polar surface area (TPSA) is 45.2 Å². The molecule has 1 aromatic carbocycles. The van der Waals surface area contributed by atoms with Crippen LogP contribution < -0.4 is 10.2 Å². The predicted octanol–water partition coefficient (Wildman–Crippen LogP) is 4.82. The Hall–Kier alpha value is -1.75. The van der Waals surface area contributed by atoms with Gasteiger partial charge in [0.05, 0.1) is 15.1 Å². The van der Waals surface area contributed by atoms with Gasteiger partial charge in [-0.15, -0.1) is 0 Å². The van der Waals surface area contributed by atoms with E-state index in [-0.39, 0.29) is 5.91 Å². The molecular formula is C17H14Cl3N3O. The minimum absolute atomic E-state index is 0.139. The molecule has 0 aliphatic carbocycles. The maximum absolute atomic E-state index is 12.4. The van der Waals surface area contributed by atoms with Gasteiger partial charge in [0.15, 0.2) is 0 Å². The third-order valence-electron chi connectivity index (χ3n) is 3.72. The fourth-order valence-electron chi connectivity index (χ4n) is 2.46. The molecule has 2 aromatic rings. The molecule has 0 saturated carbocycles. The second-order valence-corrected chi connectivity index (χ2v) is 6.54. The van der Waals surface area contributed by atoms with Crippen molar-refractivity contribution in [3.05, 3.63) is 63.2 Å². The highest BCUT2D eigenvalue weighted by Crippen LogP contribution is 2.27. The van der Waals surface area contributed by atoms with Gasteiger partial charge >= 0.3 is 0 Å². The van der Waals surface area contributed by atoms with E-state index in [1.54, 1.807) is 36.5 Å². The zero-order chi connectivity index (χ0) is 17.1. The lowest BCUT2D eigenvalue weighted by Gasteiger charge is -2.27. The molecule has 0 spiro atoms. The number of rotatable bonds is 3. The molecule has 0 saturated heterocycles. The molecule has 1 aliphatic heterocycles. The van der Waals surface area contributed by atoms with E-state index in [4.69, 9.17) is 34.8 Å². The van der Waals surface area contributed by atoms with Crippen LogP contribution in [0.5, 0.6) is 0 Å². The molecule has 4 nitrogen and oxygen atoms in total. The van der Waals surface area contributed by atoms with Crippen molar-refractivity contribution in [2.45, 2.75) is 6.42 Å². The minimum Gasteiger partial charge on any atom is -0.351 e. The number of amides is 1. The maximum atomic E-state index is 12.4. The number of carbonyl (C=O) groups is 1. The summed E-state index contributed by atoms with van der Waals surface area (Å²) in [5, 5.41) is 4.30. The van der Waals surface area contributed by atoms with Gasteiger partial charge in [0, 0.05) is 30.5 Å². The lowest BCUT2D eigenvalue weighted by atomic mass is 10.1. The average Bonchev–Trinajstić information content (AvgIpc) is 2.59. The van der Waals surface area contributed by atoms with Crippen molar-refractivity contribution in [3.8, 4) is 0 Å². The number of nitrogens with zero attached hydrogens (tertiary/aromatic N) is 2. The highest BCUT2D eigenvalue weighted by atomic mass is 35.5. The molecule has 0 atom stereocenters. The smallest absolute Gasteiger partial charge is 0.251 e. The van der Waals surface area contributed by atoms with E-state index in [0.717, 1.165) is 11.4 Å². The Kier molecular flexibility index (Phi) is 5.29. The molecule has 1 N–H and O–H groups in total. The maximum Gasteiger partial charge on any atom is 0.251 e. The standard InChI is InChI=1S/C17H14Cl3N3O/c18-13-4-3-12(10-15(13)20)22-17(24)11-5-8-23(9-6-11)16-14(19)2-1-7-21-16/h1-5,7,10H,6,8-9H2,(H,22,24). The Balaban J connectivity index is 1.67. The molecular weight excluding hydrogens is 369 g/mol. The van der Waals surface area contributed by atoms with Crippen LogP contribution in [-0.2, 0) is 4.79 Å². The van der Waals surface area contributed by atoms with Crippen molar-refractivity contribution in [2.75, 3.05) is 23.3 Å². The Morgan fingerprint density at radius 1 is 1.12 bits per heavy atom. The van der Waals surface area contributed by atoms with Gasteiger partial charge in [-0.2, -0.15) is 0 Å². The van der Waals surface area contributed by atoms with Gasteiger partial charge in [0.2, 0.25) is 0 Å². The van der Waals surface area contributed by atoms with E-state index in [0.29, 0.717) is 40.3 Å². The highest BCUT2D eigenvalue weighted by molar-refractivity contribution is 6.42. The van der Waals surface area contributed by atoms with Crippen LogP contribution in [0.25, 0.3) is 0 Å². The molecule has 1 aromatic heterocycles. The monoisotopic (exact) mass is 381 g/mol. The third kappa shape index (κ3) is 3.83. The summed E-state index contributed by atoms with van der Waals surface area (Å²) in [5.74, 6) is 0.597. The van der Waals surface area contributed by atoms with Crippen LogP contribution >= 0.6 is 34.8 Å². The molecule has 1 aliphatic rings. The van der Waals surface area contributed by atoms with Crippen molar-refractivity contribution >= 4 is 52.2 Å². The summed E-state index contributed by atoms with van der Waals surface area (Å²) in [5.41, 5.74) is 1.34. The molecule has 124 valence electrons. The van der Waals surface area contributed by atoms with Gasteiger partial charge in [-0.05, 0) is 36.8 Å². The summed E-state index contributed by atoms with van der Waals surface area (Å²) in [6.45, 7) is 1.26. The molecule has 0 fully saturated rings. The summed E-state index contributed by atoms with van der Waals surface area (Å²) in [4.78, 5) is 18.7. The van der Waals surface area contributed by atoms with Crippen molar-refractivity contribution in [3.63, 3.8) is 0 Å². The molecule has 0 unspecified atom stereocenters. The van der Waals surface area contributed by atoms with Crippen LogP contribution in [0.1, 0.15) is 6.42 Å². The lowest BCUT2D eigenvalue weighted by molar-refractivity contribution is -0.113. The first kappa shape index (κ1) is 17.1. The molecule has 1 amide bonds. The Morgan fingerprint density at radius 2 is 1.96 bits per heavy atom. The number of aromatic nitrogens is 1. The van der Waals surface area contributed by atoms with Crippen molar-refractivity contribution in [1.82, 2.24) is 4.98 Å². The van der Waals surface area contributed by atoms with Gasteiger partial charge in [0.1, 0.15) is 5.82 Å². The number of halogens is 3. The zero-order valence-electron chi connectivity index (χ0n) is 12.6. The summed E-state index contributed by atoms with van der Waals surface area (Å²) < 4.78 is 0. The number of carbonyl (C=O) groups excluding carboxylic acids is 1. The second-order valence-electron chi connectivity index (χ2n) is 5.32. The number of benzene rings is 1. The Morgan fingerprint density at radius 3 is 2.62 bits per heavy atom. The quantitative estimate of drug-likeness (QED) is 0.828. The summed E-state index contributed by atoms with van der Waals surface area (Å²) in [6.07, 6.45) is 4.21. The predicted molar refractivity (Wildman–Crippen MR) is 99.3 cm³/mol. The molecule has 0 radical (unpaired) electrons. The van der Waals surface area contributed by atoms with Crippen LogP contribution in [0.4, 0.5) is 11.5 Å². The summed E-state index contributed by atoms with van der Waals surface area (Å²) in [6, 6.07) is 8.60. The van der Waals surface area contributed by atoms with E-state index in [9.17, 15) is 4.79 Å². The zero-order valence-corrected chi connectivity index (χ0v) is 14.9. The lowest BCUT2D eigenvalue weighted by Crippen LogP contribution is -2.32. The van der Waals surface area contributed by atoms with Gasteiger partial charge in [-0.3, -0.25) is 4.79 Å². The fraction of sp³-hybridized carbons (Fsp3) is 0.176. The van der Waals surface area contributed by atoms with E-state index in [1.165, 1.54) is 0 Å². The number of hydrogen-bond acceptors (Lipinski definition) is 3. The first-order valence-electron chi connectivity index (χ1n) is 7.35. The van der Waals surface area contributed by atoms with Gasteiger partial charge < -0.3 is 10.2 Å². The Labute approximate surface area is 155 Å². The van der Waals surface area contributed by atoms with Gasteiger partial charge in [0.25, 0.3) is 5.91 Å². The van der Waals surface area contributed by atoms with Gasteiger partial charge in [-0.1, -0.05) is 40.9 Å². The summed E-state index contributed by atoms with van der Waals surface area (Å²) >= 11 is 18.0. The minimum atomic E-state index is -0.139. The molecule has 7 heteroatoms. The van der Waals surface area contributed by atoms with Crippen molar-refractivity contribution in [2.24, 2.45) is 0 Å². The van der Waals surface area contributed by atoms with Crippen LogP contribution in [0.15, 0.2) is 48.2 Å². The SMILES string of the molecule is O=C(Nc1ccc(Cl)c(Cl)c1)C1=CCN(c2ncccc2Cl)CC1. The molecule has 0 bridgehead atoms. The van der Waals surface area contributed by atoms with E-state index < -0.39 is 0 Å². The van der Waals surface area contributed by atoms with Crippen molar-refractivity contribution < 1.29 is 4.79 Å². The molecule has 24 heavy (non-hydrogen) atoms. The van der Waals surface area contributed by atoms with Crippen LogP contribution in [0.2, 0.25) is 15.1 Å². The highest BCUT2D eigenvalue weighted by Gasteiger charge is 2.19. The van der Waals surface area contributed by atoms with Crippen molar-refractivity contribution in [1.29, 1.82) is 0 Å². The largest absolute Gasteiger partial charge is 0.351 e. The molecule has 2 heterocycles. The first-order valence-corrected chi connectivity index (χ1v) is 8.49. The number of nitrogens with one attached hydrogen (secondary N) is 1. The first-order chi connectivity index (χ1) is 11.5. The van der Waals surface area contributed by atoms with Crippen LogP contribution in [0, 0.1) is 0 Å². The molecule has 3 rings (SSSR count). The number of hydrogen-bond donors (Lipinski definition) is 1. The van der Waals surface area contributed by atoms with E-state index >= 15 is 0 Å². The van der Waals surface area contributed by atoms with E-state index in [1.807, 2.05) is 11.0 Å². The average molecular weight is 383 g/mol. The summed E-state index contributed by atoms with van der Waals surface area (Å²) in [7, 11) is 0. The Bertz CT molecular complexity index is 807. The van der Waals surface area contributed by atoms with Crippen LogP contribution in [0.3, 0.4) is 0 Å². The third-order valence-corrected chi connectivity index (χ3v) is 4.75. The second kappa shape index (κ2) is 7.43. The van der Waals surface area contributed by atoms with Gasteiger partial charge in [-0.25, -0.2) is 4.98 Å². The normalized spacial score (nSPS) is 14.3. The van der Waals surface area contributed by atoms with Crippen LogP contribution in [-0.4, -0.2) is 24.0 Å².